The van der Waals surface area contributed by atoms with Crippen molar-refractivity contribution in [3.05, 3.63) is 70.7 Å². The summed E-state index contributed by atoms with van der Waals surface area (Å²) in [7, 11) is 0. The minimum Gasteiger partial charge on any atom is -0.361 e. The van der Waals surface area contributed by atoms with Gasteiger partial charge in [-0.05, 0) is 17.7 Å². The first kappa shape index (κ1) is 20.1. The average Bonchev–Trinajstić information content (AvgIpc) is 3.35. The van der Waals surface area contributed by atoms with Gasteiger partial charge < -0.3 is 15.6 Å². The Labute approximate surface area is 182 Å². The predicted molar refractivity (Wildman–Crippen MR) is 121 cm³/mol. The maximum absolute atomic E-state index is 12.9. The van der Waals surface area contributed by atoms with Crippen molar-refractivity contribution in [2.45, 2.75) is 19.4 Å². The Bertz CT molecular complexity index is 1220. The number of carbonyl (C=O) groups excluding carboxylic acids is 2. The van der Waals surface area contributed by atoms with Crippen LogP contribution in [0, 0.1) is 0 Å². The van der Waals surface area contributed by atoms with Crippen LogP contribution in [0.4, 0.5) is 5.13 Å². The molecule has 0 saturated carbocycles. The molecule has 2 aromatic carbocycles. The molecule has 0 aliphatic heterocycles. The van der Waals surface area contributed by atoms with Gasteiger partial charge in [-0.25, -0.2) is 4.98 Å². The fraction of sp³-hybridized carbons (Fsp3) is 0.136. The summed E-state index contributed by atoms with van der Waals surface area (Å²) < 4.78 is 0. The summed E-state index contributed by atoms with van der Waals surface area (Å²) in [5, 5.41) is 9.46. The molecule has 0 spiro atoms. The number of H-pyrrole nitrogens is 1. The first-order valence-corrected chi connectivity index (χ1v) is 10.6. The predicted octanol–water partition coefficient (Wildman–Crippen LogP) is 4.63. The maximum atomic E-state index is 12.9. The molecule has 1 unspecified atom stereocenters. The number of fused-ring (bicyclic) bond motifs is 1. The lowest BCUT2D eigenvalue weighted by Gasteiger charge is -2.16. The number of nitrogens with one attached hydrogen (secondary N) is 3. The highest BCUT2D eigenvalue weighted by atomic mass is 35.5. The number of benzene rings is 2. The fourth-order valence-electron chi connectivity index (χ4n) is 3.29. The van der Waals surface area contributed by atoms with Crippen molar-refractivity contribution in [3.8, 4) is 11.3 Å². The van der Waals surface area contributed by atoms with Crippen molar-refractivity contribution in [2.75, 3.05) is 5.32 Å². The zero-order valence-electron chi connectivity index (χ0n) is 16.1. The summed E-state index contributed by atoms with van der Waals surface area (Å²) in [6, 6.07) is 14.5. The van der Waals surface area contributed by atoms with Crippen LogP contribution in [0.15, 0.2) is 60.1 Å². The number of hydrogen-bond donors (Lipinski definition) is 3. The second-order valence-electron chi connectivity index (χ2n) is 6.82. The van der Waals surface area contributed by atoms with E-state index < -0.39 is 6.04 Å². The van der Waals surface area contributed by atoms with Gasteiger partial charge in [0.05, 0.1) is 5.69 Å². The van der Waals surface area contributed by atoms with Crippen LogP contribution in [-0.4, -0.2) is 27.8 Å². The molecule has 4 aromatic rings. The molecule has 1 atom stereocenters. The molecule has 30 heavy (non-hydrogen) atoms. The zero-order chi connectivity index (χ0) is 21.1. The van der Waals surface area contributed by atoms with Crippen LogP contribution >= 0.6 is 22.9 Å². The molecule has 3 N–H and O–H groups in total. The molecular formula is C22H19ClN4O2S. The maximum Gasteiger partial charge on any atom is 0.249 e. The number of carbonyl (C=O) groups is 2. The van der Waals surface area contributed by atoms with E-state index in [0.717, 1.165) is 22.0 Å². The molecule has 0 bridgehead atoms. The summed E-state index contributed by atoms with van der Waals surface area (Å²) >= 11 is 7.54. The Kier molecular flexibility index (Phi) is 5.83. The zero-order valence-corrected chi connectivity index (χ0v) is 17.7. The Hall–Kier alpha value is -3.16. The Morgan fingerprint density at radius 3 is 2.73 bits per heavy atom. The molecule has 0 fully saturated rings. The first-order valence-electron chi connectivity index (χ1n) is 9.34. The molecular weight excluding hydrogens is 420 g/mol. The molecule has 2 aromatic heterocycles. The van der Waals surface area contributed by atoms with Crippen LogP contribution in [0.1, 0.15) is 12.5 Å². The SMILES string of the molecule is CC(=O)NC(Cc1c[nH]c2ccccc12)C(=O)Nc1nc(-c2ccccc2Cl)cs1. The lowest BCUT2D eigenvalue weighted by molar-refractivity contribution is -0.125. The third-order valence-corrected chi connectivity index (χ3v) is 5.76. The Balaban J connectivity index is 1.53. The van der Waals surface area contributed by atoms with Crippen molar-refractivity contribution in [2.24, 2.45) is 0 Å². The Morgan fingerprint density at radius 1 is 1.17 bits per heavy atom. The monoisotopic (exact) mass is 438 g/mol. The number of rotatable bonds is 6. The number of aromatic nitrogens is 2. The van der Waals surface area contributed by atoms with E-state index >= 15 is 0 Å². The highest BCUT2D eigenvalue weighted by Crippen LogP contribution is 2.30. The summed E-state index contributed by atoms with van der Waals surface area (Å²) in [5.41, 5.74) is 3.43. The van der Waals surface area contributed by atoms with Crippen molar-refractivity contribution in [1.82, 2.24) is 15.3 Å². The number of aromatic amines is 1. The number of amides is 2. The Morgan fingerprint density at radius 2 is 1.93 bits per heavy atom. The van der Waals surface area contributed by atoms with Gasteiger partial charge in [-0.2, -0.15) is 0 Å². The van der Waals surface area contributed by atoms with Gasteiger partial charge in [0, 0.05) is 46.4 Å². The normalized spacial score (nSPS) is 11.9. The molecule has 0 aliphatic rings. The standard InChI is InChI=1S/C22H19ClN4O2S/c1-13(28)25-19(10-14-11-24-18-9-5-3-6-15(14)18)21(29)27-22-26-20(12-30-22)16-7-2-4-8-17(16)23/h2-9,11-12,19,24H,10H2,1H3,(H,25,28)(H,26,27,29). The van der Waals surface area contributed by atoms with Gasteiger partial charge in [-0.15, -0.1) is 11.3 Å². The highest BCUT2D eigenvalue weighted by molar-refractivity contribution is 7.14. The van der Waals surface area contributed by atoms with E-state index in [1.54, 1.807) is 6.07 Å². The van der Waals surface area contributed by atoms with Crippen molar-refractivity contribution < 1.29 is 9.59 Å². The van der Waals surface area contributed by atoms with Gasteiger partial charge in [0.1, 0.15) is 6.04 Å². The summed E-state index contributed by atoms with van der Waals surface area (Å²) in [4.78, 5) is 32.3. The smallest absolute Gasteiger partial charge is 0.249 e. The van der Waals surface area contributed by atoms with Crippen LogP contribution in [-0.2, 0) is 16.0 Å². The van der Waals surface area contributed by atoms with E-state index in [9.17, 15) is 9.59 Å². The molecule has 0 aliphatic carbocycles. The molecule has 0 saturated heterocycles. The number of anilines is 1. The molecule has 152 valence electrons. The van der Waals surface area contributed by atoms with E-state index in [0.29, 0.717) is 22.3 Å². The highest BCUT2D eigenvalue weighted by Gasteiger charge is 2.22. The van der Waals surface area contributed by atoms with Crippen LogP contribution in [0.2, 0.25) is 5.02 Å². The second-order valence-corrected chi connectivity index (χ2v) is 8.09. The van der Waals surface area contributed by atoms with Crippen molar-refractivity contribution in [1.29, 1.82) is 0 Å². The number of thiazole rings is 1. The van der Waals surface area contributed by atoms with Gasteiger partial charge in [-0.1, -0.05) is 48.0 Å². The summed E-state index contributed by atoms with van der Waals surface area (Å²) in [5.74, 6) is -0.596. The van der Waals surface area contributed by atoms with E-state index in [2.05, 4.69) is 20.6 Å². The third-order valence-electron chi connectivity index (χ3n) is 4.68. The number of para-hydroxylation sites is 1. The first-order chi connectivity index (χ1) is 14.5. The molecule has 8 heteroatoms. The summed E-state index contributed by atoms with van der Waals surface area (Å²) in [6.45, 7) is 1.40. The average molecular weight is 439 g/mol. The topological polar surface area (TPSA) is 86.9 Å². The van der Waals surface area contributed by atoms with E-state index in [-0.39, 0.29) is 11.8 Å². The van der Waals surface area contributed by atoms with Crippen LogP contribution in [0.25, 0.3) is 22.2 Å². The molecule has 4 rings (SSSR count). The molecule has 2 heterocycles. The number of halogens is 1. The molecule has 2 amide bonds. The van der Waals surface area contributed by atoms with Crippen LogP contribution in [0.5, 0.6) is 0 Å². The van der Waals surface area contributed by atoms with Crippen molar-refractivity contribution in [3.63, 3.8) is 0 Å². The van der Waals surface area contributed by atoms with E-state index in [1.165, 1.54) is 18.3 Å². The minimum atomic E-state index is -0.727. The third kappa shape index (κ3) is 4.37. The van der Waals surface area contributed by atoms with Gasteiger partial charge in [0.2, 0.25) is 11.8 Å². The largest absolute Gasteiger partial charge is 0.361 e. The quantitative estimate of drug-likeness (QED) is 0.410. The second kappa shape index (κ2) is 8.69. The lowest BCUT2D eigenvalue weighted by Crippen LogP contribution is -2.44. The van der Waals surface area contributed by atoms with Gasteiger partial charge in [0.15, 0.2) is 5.13 Å². The summed E-state index contributed by atoms with van der Waals surface area (Å²) in [6.07, 6.45) is 2.23. The van der Waals surface area contributed by atoms with Crippen LogP contribution < -0.4 is 10.6 Å². The number of hydrogen-bond acceptors (Lipinski definition) is 4. The van der Waals surface area contributed by atoms with Gasteiger partial charge >= 0.3 is 0 Å². The number of nitrogens with zero attached hydrogens (tertiary/aromatic N) is 1. The van der Waals surface area contributed by atoms with E-state index in [4.69, 9.17) is 11.6 Å². The van der Waals surface area contributed by atoms with Crippen LogP contribution in [0.3, 0.4) is 0 Å². The van der Waals surface area contributed by atoms with E-state index in [1.807, 2.05) is 54.0 Å². The van der Waals surface area contributed by atoms with Gasteiger partial charge in [-0.3, -0.25) is 9.59 Å². The minimum absolute atomic E-state index is 0.272. The van der Waals surface area contributed by atoms with Crippen molar-refractivity contribution >= 4 is 50.8 Å². The fourth-order valence-corrected chi connectivity index (χ4v) is 4.24. The molecule has 6 nitrogen and oxygen atoms in total. The van der Waals surface area contributed by atoms with Gasteiger partial charge in [0.25, 0.3) is 0 Å². The molecule has 0 radical (unpaired) electrons. The lowest BCUT2D eigenvalue weighted by atomic mass is 10.0.